The average Bonchev–Trinajstić information content (AvgIpc) is 3.22. The van der Waals surface area contributed by atoms with E-state index in [1.54, 1.807) is 48.8 Å². The predicted molar refractivity (Wildman–Crippen MR) is 105 cm³/mol. The van der Waals surface area contributed by atoms with Crippen LogP contribution in [0.25, 0.3) is 11.4 Å². The number of hydrogen-bond acceptors (Lipinski definition) is 7. The number of pyridine rings is 1. The van der Waals surface area contributed by atoms with Crippen molar-refractivity contribution in [2.24, 2.45) is 0 Å². The molecule has 3 aromatic rings. The molecule has 8 nitrogen and oxygen atoms in total. The number of aromatic nitrogens is 3. The molecule has 1 amide bonds. The molecule has 0 aliphatic rings. The summed E-state index contributed by atoms with van der Waals surface area (Å²) in [7, 11) is 1.30. The van der Waals surface area contributed by atoms with E-state index in [0.717, 1.165) is 5.56 Å². The highest BCUT2D eigenvalue weighted by Crippen LogP contribution is 2.25. The summed E-state index contributed by atoms with van der Waals surface area (Å²) in [5.41, 5.74) is 1.42. The van der Waals surface area contributed by atoms with Gasteiger partial charge in [0.25, 0.3) is 0 Å². The molecule has 1 unspecified atom stereocenters. The quantitative estimate of drug-likeness (QED) is 0.564. The van der Waals surface area contributed by atoms with E-state index in [-0.39, 0.29) is 25.2 Å². The Labute approximate surface area is 172 Å². The van der Waals surface area contributed by atoms with Crippen molar-refractivity contribution >= 4 is 23.5 Å². The minimum Gasteiger partial charge on any atom is -0.469 e. The lowest BCUT2D eigenvalue weighted by atomic mass is 10.0. The zero-order chi connectivity index (χ0) is 20.6. The van der Waals surface area contributed by atoms with E-state index in [1.165, 1.54) is 7.11 Å². The summed E-state index contributed by atoms with van der Waals surface area (Å²) in [6.45, 7) is 0. The Kier molecular flexibility index (Phi) is 6.91. The van der Waals surface area contributed by atoms with Gasteiger partial charge >= 0.3 is 5.97 Å². The number of carbonyl (C=O) groups excluding carboxylic acids is 2. The molecule has 0 radical (unpaired) electrons. The van der Waals surface area contributed by atoms with Gasteiger partial charge in [0.2, 0.25) is 17.6 Å². The molecule has 150 valence electrons. The van der Waals surface area contributed by atoms with E-state index >= 15 is 0 Å². The molecule has 0 fully saturated rings. The van der Waals surface area contributed by atoms with E-state index < -0.39 is 12.0 Å². The fourth-order valence-electron chi connectivity index (χ4n) is 2.71. The van der Waals surface area contributed by atoms with Crippen LogP contribution in [-0.4, -0.2) is 34.1 Å². The van der Waals surface area contributed by atoms with Gasteiger partial charge in [0, 0.05) is 35.8 Å². The summed E-state index contributed by atoms with van der Waals surface area (Å²) in [6.07, 6.45) is 3.61. The Hall–Kier alpha value is -3.26. The third-order valence-corrected chi connectivity index (χ3v) is 4.53. The number of ether oxygens (including phenoxy) is 1. The second-order valence-corrected chi connectivity index (χ2v) is 6.58. The number of hydrogen-bond donors (Lipinski definition) is 1. The largest absolute Gasteiger partial charge is 0.469 e. The van der Waals surface area contributed by atoms with Crippen LogP contribution in [0.5, 0.6) is 0 Å². The maximum absolute atomic E-state index is 12.5. The van der Waals surface area contributed by atoms with Crippen LogP contribution in [0.15, 0.2) is 53.3 Å². The molecule has 0 bridgehead atoms. The number of nitrogens with one attached hydrogen (secondary N) is 1. The van der Waals surface area contributed by atoms with Crippen LogP contribution < -0.4 is 5.32 Å². The van der Waals surface area contributed by atoms with Crippen molar-refractivity contribution < 1.29 is 18.8 Å². The number of aryl methyl sites for hydroxylation is 1. The minimum atomic E-state index is -0.598. The number of halogens is 1. The normalized spacial score (nSPS) is 11.7. The predicted octanol–water partition coefficient (Wildman–Crippen LogP) is 3.14. The lowest BCUT2D eigenvalue weighted by molar-refractivity contribution is -0.141. The van der Waals surface area contributed by atoms with Gasteiger partial charge in [-0.2, -0.15) is 4.98 Å². The molecular formula is C20H19ClN4O4. The van der Waals surface area contributed by atoms with Gasteiger partial charge in [-0.3, -0.25) is 14.6 Å². The molecule has 0 aliphatic heterocycles. The van der Waals surface area contributed by atoms with Crippen molar-refractivity contribution in [3.63, 3.8) is 0 Å². The number of carbonyl (C=O) groups is 2. The smallest absolute Gasteiger partial charge is 0.307 e. The van der Waals surface area contributed by atoms with Crippen LogP contribution in [0.2, 0.25) is 5.02 Å². The number of nitrogens with zero attached hydrogens (tertiary/aromatic N) is 3. The second-order valence-electron chi connectivity index (χ2n) is 6.17. The third kappa shape index (κ3) is 5.61. The van der Waals surface area contributed by atoms with Gasteiger partial charge in [0.1, 0.15) is 0 Å². The molecule has 9 heteroatoms. The van der Waals surface area contributed by atoms with Crippen molar-refractivity contribution in [1.29, 1.82) is 0 Å². The highest BCUT2D eigenvalue weighted by atomic mass is 35.5. The zero-order valence-corrected chi connectivity index (χ0v) is 16.4. The van der Waals surface area contributed by atoms with Gasteiger partial charge in [-0.25, -0.2) is 0 Å². The van der Waals surface area contributed by atoms with Crippen molar-refractivity contribution in [2.45, 2.75) is 25.3 Å². The number of benzene rings is 1. The van der Waals surface area contributed by atoms with Gasteiger partial charge in [0.15, 0.2) is 0 Å². The summed E-state index contributed by atoms with van der Waals surface area (Å²) < 4.78 is 9.93. The van der Waals surface area contributed by atoms with Crippen LogP contribution in [0.4, 0.5) is 0 Å². The standard InChI is InChI=1S/C20H19ClN4O4/c1-28-19(27)12-16(14-4-2-3-5-15(14)21)23-17(26)6-7-18-24-20(25-29-18)13-8-10-22-11-9-13/h2-5,8-11,16H,6-7,12H2,1H3,(H,23,26). The summed E-state index contributed by atoms with van der Waals surface area (Å²) in [5, 5.41) is 7.20. The first-order valence-corrected chi connectivity index (χ1v) is 9.28. The van der Waals surface area contributed by atoms with Crippen LogP contribution >= 0.6 is 11.6 Å². The average molecular weight is 415 g/mol. The molecular weight excluding hydrogens is 396 g/mol. The first-order chi connectivity index (χ1) is 14.1. The first-order valence-electron chi connectivity index (χ1n) is 8.90. The zero-order valence-electron chi connectivity index (χ0n) is 15.7. The molecule has 1 atom stereocenters. The molecule has 2 aromatic heterocycles. The minimum absolute atomic E-state index is 0.0290. The van der Waals surface area contributed by atoms with E-state index in [1.807, 2.05) is 0 Å². The maximum Gasteiger partial charge on any atom is 0.307 e. The molecule has 1 N–H and O–H groups in total. The van der Waals surface area contributed by atoms with Gasteiger partial charge in [-0.05, 0) is 23.8 Å². The molecule has 3 rings (SSSR count). The summed E-state index contributed by atoms with van der Waals surface area (Å²) >= 11 is 6.22. The summed E-state index contributed by atoms with van der Waals surface area (Å²) in [4.78, 5) is 32.4. The monoisotopic (exact) mass is 414 g/mol. The van der Waals surface area contributed by atoms with E-state index in [4.69, 9.17) is 20.9 Å². The van der Waals surface area contributed by atoms with E-state index in [9.17, 15) is 9.59 Å². The Morgan fingerprint density at radius 2 is 1.97 bits per heavy atom. The lowest BCUT2D eigenvalue weighted by Crippen LogP contribution is -2.30. The third-order valence-electron chi connectivity index (χ3n) is 4.19. The van der Waals surface area contributed by atoms with Crippen LogP contribution in [0, 0.1) is 0 Å². The number of methoxy groups -OCH3 is 1. The fraction of sp³-hybridized carbons (Fsp3) is 0.250. The highest BCUT2D eigenvalue weighted by Gasteiger charge is 2.21. The van der Waals surface area contributed by atoms with E-state index in [0.29, 0.717) is 22.3 Å². The van der Waals surface area contributed by atoms with E-state index in [2.05, 4.69) is 20.4 Å². The van der Waals surface area contributed by atoms with Gasteiger partial charge in [-0.15, -0.1) is 0 Å². The Morgan fingerprint density at radius 1 is 1.21 bits per heavy atom. The maximum atomic E-state index is 12.5. The second kappa shape index (κ2) is 9.79. The fourth-order valence-corrected chi connectivity index (χ4v) is 2.98. The molecule has 0 spiro atoms. The molecule has 29 heavy (non-hydrogen) atoms. The molecule has 0 saturated carbocycles. The molecule has 0 aliphatic carbocycles. The lowest BCUT2D eigenvalue weighted by Gasteiger charge is -2.19. The molecule has 0 saturated heterocycles. The van der Waals surface area contributed by atoms with Crippen LogP contribution in [0.3, 0.4) is 0 Å². The van der Waals surface area contributed by atoms with Crippen molar-refractivity contribution in [1.82, 2.24) is 20.4 Å². The van der Waals surface area contributed by atoms with Gasteiger partial charge < -0.3 is 14.6 Å². The Morgan fingerprint density at radius 3 is 2.69 bits per heavy atom. The Balaban J connectivity index is 1.62. The van der Waals surface area contributed by atoms with Gasteiger partial charge in [-0.1, -0.05) is 35.0 Å². The number of amides is 1. The van der Waals surface area contributed by atoms with Crippen molar-refractivity contribution in [2.75, 3.05) is 7.11 Å². The van der Waals surface area contributed by atoms with Crippen LogP contribution in [-0.2, 0) is 20.7 Å². The Bertz CT molecular complexity index is 977. The number of esters is 1. The molecule has 1 aromatic carbocycles. The summed E-state index contributed by atoms with van der Waals surface area (Å²) in [5.74, 6) is 0.0493. The first kappa shape index (κ1) is 20.5. The summed E-state index contributed by atoms with van der Waals surface area (Å²) in [6, 6.07) is 9.96. The molecule has 2 heterocycles. The van der Waals surface area contributed by atoms with Crippen molar-refractivity contribution in [3.8, 4) is 11.4 Å². The SMILES string of the molecule is COC(=O)CC(NC(=O)CCc1nc(-c2ccncc2)no1)c1ccccc1Cl. The highest BCUT2D eigenvalue weighted by molar-refractivity contribution is 6.31. The number of rotatable bonds is 8. The van der Waals surface area contributed by atoms with Crippen molar-refractivity contribution in [3.05, 3.63) is 65.3 Å². The topological polar surface area (TPSA) is 107 Å². The van der Waals surface area contributed by atoms with Gasteiger partial charge in [0.05, 0.1) is 19.6 Å². The van der Waals surface area contributed by atoms with Crippen LogP contribution in [0.1, 0.15) is 30.3 Å².